The number of pyridine rings is 1. The summed E-state index contributed by atoms with van der Waals surface area (Å²) in [6.07, 6.45) is 6.03. The third kappa shape index (κ3) is 2.66. The predicted molar refractivity (Wildman–Crippen MR) is 93.8 cm³/mol. The van der Waals surface area contributed by atoms with Crippen molar-refractivity contribution in [3.05, 3.63) is 65.1 Å². The van der Waals surface area contributed by atoms with Crippen LogP contribution in [0.4, 0.5) is 0 Å². The molecule has 118 valence electrons. The maximum Gasteiger partial charge on any atom is 0.105 e. The molecule has 0 fully saturated rings. The third-order valence-electron chi connectivity index (χ3n) is 5.08. The summed E-state index contributed by atoms with van der Waals surface area (Å²) < 4.78 is 2.57. The van der Waals surface area contributed by atoms with E-state index in [0.717, 1.165) is 19.5 Å². The average Bonchev–Trinajstić information content (AvgIpc) is 2.86. The normalized spacial score (nSPS) is 17.4. The van der Waals surface area contributed by atoms with Crippen molar-refractivity contribution in [1.82, 2.24) is 9.55 Å². The van der Waals surface area contributed by atoms with Crippen LogP contribution in [0.5, 0.6) is 0 Å². The summed E-state index contributed by atoms with van der Waals surface area (Å²) in [6.45, 7) is 5.63. The van der Waals surface area contributed by atoms with E-state index < -0.39 is 0 Å². The first-order valence-corrected chi connectivity index (χ1v) is 8.53. The average molecular weight is 306 g/mol. The van der Waals surface area contributed by atoms with Crippen LogP contribution in [0.15, 0.2) is 42.7 Å². The number of aryl methyl sites for hydroxylation is 3. The second kappa shape index (κ2) is 5.82. The molecule has 0 saturated heterocycles. The second-order valence-corrected chi connectivity index (χ2v) is 6.84. The number of fused-ring (bicyclic) bond motifs is 3. The Morgan fingerprint density at radius 2 is 2.00 bits per heavy atom. The van der Waals surface area contributed by atoms with Gasteiger partial charge in [0.2, 0.25) is 0 Å². The number of benzene rings is 1. The van der Waals surface area contributed by atoms with Crippen LogP contribution in [-0.2, 0) is 25.9 Å². The number of rotatable bonds is 3. The molecule has 1 atom stereocenters. The molecule has 1 unspecified atom stereocenters. The van der Waals surface area contributed by atoms with Crippen LogP contribution in [0.1, 0.15) is 22.4 Å². The van der Waals surface area contributed by atoms with E-state index in [1.165, 1.54) is 35.0 Å². The van der Waals surface area contributed by atoms with Gasteiger partial charge in [0.25, 0.3) is 0 Å². The van der Waals surface area contributed by atoms with Gasteiger partial charge in [0.1, 0.15) is 6.54 Å². The van der Waals surface area contributed by atoms with Gasteiger partial charge in [-0.05, 0) is 43.2 Å². The molecule has 23 heavy (non-hydrogen) atoms. The Hall–Kier alpha value is -2.13. The van der Waals surface area contributed by atoms with E-state index in [9.17, 15) is 0 Å². The summed E-state index contributed by atoms with van der Waals surface area (Å²) in [4.78, 5) is 5.74. The lowest BCUT2D eigenvalue weighted by molar-refractivity contribution is -0.895. The van der Waals surface area contributed by atoms with Crippen LogP contribution >= 0.6 is 0 Å². The Kier molecular flexibility index (Phi) is 3.66. The first-order valence-electron chi connectivity index (χ1n) is 8.53. The highest BCUT2D eigenvalue weighted by atomic mass is 15.1. The SMILES string of the molecule is Cc1ccc2c(c1)c1c(n2CCc2ccncc2)CC[NH+](C)C1. The lowest BCUT2D eigenvalue weighted by Crippen LogP contribution is -3.08. The van der Waals surface area contributed by atoms with Gasteiger partial charge in [-0.15, -0.1) is 0 Å². The van der Waals surface area contributed by atoms with Crippen molar-refractivity contribution in [3.63, 3.8) is 0 Å². The monoisotopic (exact) mass is 306 g/mol. The molecule has 1 aliphatic heterocycles. The molecule has 3 nitrogen and oxygen atoms in total. The van der Waals surface area contributed by atoms with Crippen molar-refractivity contribution in [2.45, 2.75) is 32.9 Å². The fourth-order valence-corrected chi connectivity index (χ4v) is 3.84. The number of quaternary nitrogens is 1. The molecule has 0 bridgehead atoms. The second-order valence-electron chi connectivity index (χ2n) is 6.84. The van der Waals surface area contributed by atoms with Crippen LogP contribution in [-0.4, -0.2) is 23.1 Å². The Labute approximate surface area is 137 Å². The first-order chi connectivity index (χ1) is 11.2. The first kappa shape index (κ1) is 14.5. The number of nitrogens with one attached hydrogen (secondary N) is 1. The molecule has 3 aromatic rings. The van der Waals surface area contributed by atoms with Crippen molar-refractivity contribution in [1.29, 1.82) is 0 Å². The van der Waals surface area contributed by atoms with Crippen molar-refractivity contribution in [3.8, 4) is 0 Å². The van der Waals surface area contributed by atoms with Crippen LogP contribution in [0.3, 0.4) is 0 Å². The molecule has 2 aromatic heterocycles. The van der Waals surface area contributed by atoms with Gasteiger partial charge >= 0.3 is 0 Å². The van der Waals surface area contributed by atoms with Gasteiger partial charge in [0, 0.05) is 47.5 Å². The maximum atomic E-state index is 4.12. The summed E-state index contributed by atoms with van der Waals surface area (Å²) in [7, 11) is 2.30. The zero-order valence-corrected chi connectivity index (χ0v) is 14.0. The van der Waals surface area contributed by atoms with Crippen LogP contribution in [0.2, 0.25) is 0 Å². The van der Waals surface area contributed by atoms with Crippen molar-refractivity contribution in [2.75, 3.05) is 13.6 Å². The number of hydrogen-bond donors (Lipinski definition) is 1. The minimum Gasteiger partial charge on any atom is -0.344 e. The molecule has 0 aliphatic carbocycles. The zero-order chi connectivity index (χ0) is 15.8. The Morgan fingerprint density at radius 3 is 2.83 bits per heavy atom. The quantitative estimate of drug-likeness (QED) is 0.787. The highest BCUT2D eigenvalue weighted by molar-refractivity contribution is 5.86. The lowest BCUT2D eigenvalue weighted by atomic mass is 10.0. The smallest absolute Gasteiger partial charge is 0.105 e. The molecular formula is C20H24N3+. The van der Waals surface area contributed by atoms with E-state index in [4.69, 9.17) is 0 Å². The van der Waals surface area contributed by atoms with E-state index >= 15 is 0 Å². The van der Waals surface area contributed by atoms with Gasteiger partial charge in [0.15, 0.2) is 0 Å². The summed E-state index contributed by atoms with van der Waals surface area (Å²) in [5.41, 5.74) is 7.26. The number of nitrogens with zero attached hydrogens (tertiary/aromatic N) is 2. The topological polar surface area (TPSA) is 22.3 Å². The van der Waals surface area contributed by atoms with Gasteiger partial charge in [-0.1, -0.05) is 11.6 Å². The van der Waals surface area contributed by atoms with Crippen LogP contribution < -0.4 is 4.90 Å². The summed E-state index contributed by atoms with van der Waals surface area (Å²) in [5.74, 6) is 0. The highest BCUT2D eigenvalue weighted by Gasteiger charge is 2.24. The standard InChI is InChI=1S/C20H23N3/c1-15-3-4-19-17(13-15)18-14-22(2)11-8-20(18)23(19)12-7-16-5-9-21-10-6-16/h3-6,9-10,13H,7-8,11-12,14H2,1-2H3/p+1. The molecular weight excluding hydrogens is 282 g/mol. The number of likely N-dealkylation sites (N-methyl/N-ethyl adjacent to an activating group) is 1. The van der Waals surface area contributed by atoms with Crippen molar-refractivity contribution < 1.29 is 4.90 Å². The Bertz CT molecular complexity index is 833. The maximum absolute atomic E-state index is 4.12. The van der Waals surface area contributed by atoms with Gasteiger partial charge in [0.05, 0.1) is 13.6 Å². The molecule has 3 heterocycles. The lowest BCUT2D eigenvalue weighted by Gasteiger charge is -2.21. The van der Waals surface area contributed by atoms with E-state index in [0.29, 0.717) is 0 Å². The van der Waals surface area contributed by atoms with E-state index in [1.807, 2.05) is 12.4 Å². The van der Waals surface area contributed by atoms with Crippen molar-refractivity contribution in [2.24, 2.45) is 0 Å². The summed E-state index contributed by atoms with van der Waals surface area (Å²) in [6, 6.07) is 11.2. The minimum atomic E-state index is 1.05. The minimum absolute atomic E-state index is 1.05. The molecule has 0 spiro atoms. The number of aromatic nitrogens is 2. The molecule has 1 N–H and O–H groups in total. The molecule has 0 radical (unpaired) electrons. The molecule has 4 rings (SSSR count). The highest BCUT2D eigenvalue weighted by Crippen LogP contribution is 2.28. The largest absolute Gasteiger partial charge is 0.344 e. The Morgan fingerprint density at radius 1 is 1.17 bits per heavy atom. The fraction of sp³-hybridized carbons (Fsp3) is 0.350. The van der Waals surface area contributed by atoms with E-state index in [1.54, 1.807) is 16.2 Å². The van der Waals surface area contributed by atoms with Gasteiger partial charge in [-0.3, -0.25) is 4.98 Å². The van der Waals surface area contributed by atoms with Crippen molar-refractivity contribution >= 4 is 10.9 Å². The van der Waals surface area contributed by atoms with Gasteiger partial charge in [-0.2, -0.15) is 0 Å². The summed E-state index contributed by atoms with van der Waals surface area (Å²) in [5, 5.41) is 1.47. The molecule has 1 aromatic carbocycles. The molecule has 0 amide bonds. The van der Waals surface area contributed by atoms with Crippen LogP contribution in [0.25, 0.3) is 10.9 Å². The third-order valence-corrected chi connectivity index (χ3v) is 5.08. The van der Waals surface area contributed by atoms with E-state index in [-0.39, 0.29) is 0 Å². The van der Waals surface area contributed by atoms with Gasteiger partial charge in [-0.25, -0.2) is 0 Å². The zero-order valence-electron chi connectivity index (χ0n) is 14.0. The Balaban J connectivity index is 1.76. The molecule has 3 heteroatoms. The predicted octanol–water partition coefficient (Wildman–Crippen LogP) is 2.16. The van der Waals surface area contributed by atoms with Crippen LogP contribution in [0, 0.1) is 6.92 Å². The summed E-state index contributed by atoms with van der Waals surface area (Å²) >= 11 is 0. The molecule has 0 saturated carbocycles. The van der Waals surface area contributed by atoms with E-state index in [2.05, 4.69) is 53.9 Å². The van der Waals surface area contributed by atoms with Gasteiger partial charge < -0.3 is 9.47 Å². The number of hydrogen-bond acceptors (Lipinski definition) is 1. The fourth-order valence-electron chi connectivity index (χ4n) is 3.84. The molecule has 1 aliphatic rings.